The first-order valence-corrected chi connectivity index (χ1v) is 6.75. The fourth-order valence-electron chi connectivity index (χ4n) is 2.03. The van der Waals surface area contributed by atoms with Gasteiger partial charge in [-0.2, -0.15) is 0 Å². The normalized spacial score (nSPS) is 19.2. The van der Waals surface area contributed by atoms with E-state index in [0.717, 1.165) is 48.3 Å². The van der Waals surface area contributed by atoms with Crippen molar-refractivity contribution in [2.24, 2.45) is 0 Å². The standard InChI is InChI=1S/C13H19BrN2O/c1-13(4-6-17-7-5-13)16-9-10-2-3-11(14)8-12(10)15/h2-3,8,16H,4-7,9,15H2,1H3. The Kier molecular flexibility index (Phi) is 4.07. The lowest BCUT2D eigenvalue weighted by Crippen LogP contribution is -2.46. The molecule has 17 heavy (non-hydrogen) atoms. The SMILES string of the molecule is CC1(NCc2ccc(Br)cc2N)CCOCC1. The minimum absolute atomic E-state index is 0.178. The smallest absolute Gasteiger partial charge is 0.0483 e. The lowest BCUT2D eigenvalue weighted by Gasteiger charge is -2.34. The average Bonchev–Trinajstić information content (AvgIpc) is 2.29. The number of nitrogens with two attached hydrogens (primary N) is 1. The molecule has 1 heterocycles. The van der Waals surface area contributed by atoms with E-state index in [0.29, 0.717) is 0 Å². The quantitative estimate of drug-likeness (QED) is 0.844. The van der Waals surface area contributed by atoms with Gasteiger partial charge in [-0.3, -0.25) is 0 Å². The van der Waals surface area contributed by atoms with Crippen molar-refractivity contribution in [1.82, 2.24) is 5.32 Å². The molecule has 0 unspecified atom stereocenters. The van der Waals surface area contributed by atoms with Crippen LogP contribution in [0.2, 0.25) is 0 Å². The Bertz CT molecular complexity index is 389. The molecular formula is C13H19BrN2O. The maximum atomic E-state index is 5.99. The first-order chi connectivity index (χ1) is 8.09. The van der Waals surface area contributed by atoms with Gasteiger partial charge >= 0.3 is 0 Å². The second kappa shape index (κ2) is 5.38. The Labute approximate surface area is 111 Å². The second-order valence-corrected chi connectivity index (χ2v) is 5.79. The molecule has 4 heteroatoms. The molecule has 0 atom stereocenters. The van der Waals surface area contributed by atoms with Gasteiger partial charge in [0, 0.05) is 35.5 Å². The minimum Gasteiger partial charge on any atom is -0.398 e. The van der Waals surface area contributed by atoms with Crippen LogP contribution in [0.25, 0.3) is 0 Å². The zero-order valence-electron chi connectivity index (χ0n) is 10.1. The number of halogens is 1. The highest BCUT2D eigenvalue weighted by molar-refractivity contribution is 9.10. The van der Waals surface area contributed by atoms with E-state index in [4.69, 9.17) is 10.5 Å². The molecule has 0 aliphatic carbocycles. The summed E-state index contributed by atoms with van der Waals surface area (Å²) >= 11 is 3.42. The van der Waals surface area contributed by atoms with Gasteiger partial charge in [-0.25, -0.2) is 0 Å². The van der Waals surface area contributed by atoms with E-state index in [9.17, 15) is 0 Å². The van der Waals surface area contributed by atoms with Gasteiger partial charge in [0.15, 0.2) is 0 Å². The van der Waals surface area contributed by atoms with E-state index in [1.807, 2.05) is 12.1 Å². The summed E-state index contributed by atoms with van der Waals surface area (Å²) in [5.41, 5.74) is 8.15. The third-order valence-electron chi connectivity index (χ3n) is 3.41. The molecule has 1 saturated heterocycles. The van der Waals surface area contributed by atoms with E-state index >= 15 is 0 Å². The zero-order chi connectivity index (χ0) is 12.3. The van der Waals surface area contributed by atoms with Crippen molar-refractivity contribution in [2.75, 3.05) is 18.9 Å². The number of hydrogen-bond donors (Lipinski definition) is 2. The summed E-state index contributed by atoms with van der Waals surface area (Å²) in [6.45, 7) is 4.76. The van der Waals surface area contributed by atoms with Gasteiger partial charge in [0.1, 0.15) is 0 Å². The average molecular weight is 299 g/mol. The number of benzene rings is 1. The molecular weight excluding hydrogens is 280 g/mol. The first-order valence-electron chi connectivity index (χ1n) is 5.96. The van der Waals surface area contributed by atoms with E-state index in [1.54, 1.807) is 0 Å². The minimum atomic E-state index is 0.178. The third-order valence-corrected chi connectivity index (χ3v) is 3.90. The lowest BCUT2D eigenvalue weighted by molar-refractivity contribution is 0.0446. The van der Waals surface area contributed by atoms with Crippen molar-refractivity contribution in [2.45, 2.75) is 31.8 Å². The van der Waals surface area contributed by atoms with Gasteiger partial charge in [-0.15, -0.1) is 0 Å². The van der Waals surface area contributed by atoms with Crippen LogP contribution in [0.1, 0.15) is 25.3 Å². The summed E-state index contributed by atoms with van der Waals surface area (Å²) in [6.07, 6.45) is 2.12. The highest BCUT2D eigenvalue weighted by Crippen LogP contribution is 2.23. The van der Waals surface area contributed by atoms with Crippen LogP contribution < -0.4 is 11.1 Å². The van der Waals surface area contributed by atoms with Gasteiger partial charge in [0.05, 0.1) is 0 Å². The zero-order valence-corrected chi connectivity index (χ0v) is 11.7. The Morgan fingerprint density at radius 2 is 2.12 bits per heavy atom. The Balaban J connectivity index is 1.97. The molecule has 2 rings (SSSR count). The van der Waals surface area contributed by atoms with Gasteiger partial charge in [-0.1, -0.05) is 22.0 Å². The van der Waals surface area contributed by atoms with Gasteiger partial charge in [0.25, 0.3) is 0 Å². The number of ether oxygens (including phenoxy) is 1. The van der Waals surface area contributed by atoms with Crippen LogP contribution in [0, 0.1) is 0 Å². The highest BCUT2D eigenvalue weighted by Gasteiger charge is 2.26. The fourth-order valence-corrected chi connectivity index (χ4v) is 2.41. The van der Waals surface area contributed by atoms with E-state index in [2.05, 4.69) is 34.2 Å². The Hall–Kier alpha value is -0.580. The molecule has 0 aromatic heterocycles. The van der Waals surface area contributed by atoms with Crippen molar-refractivity contribution in [3.05, 3.63) is 28.2 Å². The molecule has 1 aromatic rings. The molecule has 3 nitrogen and oxygen atoms in total. The van der Waals surface area contributed by atoms with Crippen LogP contribution in [-0.2, 0) is 11.3 Å². The molecule has 0 bridgehead atoms. The first kappa shape index (κ1) is 12.9. The predicted molar refractivity (Wildman–Crippen MR) is 73.9 cm³/mol. The van der Waals surface area contributed by atoms with Crippen LogP contribution in [0.5, 0.6) is 0 Å². The van der Waals surface area contributed by atoms with Crippen LogP contribution in [0.3, 0.4) is 0 Å². The Morgan fingerprint density at radius 1 is 1.41 bits per heavy atom. The van der Waals surface area contributed by atoms with Crippen LogP contribution in [0.15, 0.2) is 22.7 Å². The van der Waals surface area contributed by atoms with E-state index in [-0.39, 0.29) is 5.54 Å². The molecule has 1 aromatic carbocycles. The van der Waals surface area contributed by atoms with Gasteiger partial charge < -0.3 is 15.8 Å². The molecule has 0 radical (unpaired) electrons. The molecule has 1 fully saturated rings. The molecule has 1 aliphatic heterocycles. The van der Waals surface area contributed by atoms with E-state index in [1.165, 1.54) is 0 Å². The maximum Gasteiger partial charge on any atom is 0.0483 e. The number of rotatable bonds is 3. The molecule has 0 amide bonds. The predicted octanol–water partition coefficient (Wildman–Crippen LogP) is 2.69. The van der Waals surface area contributed by atoms with Crippen LogP contribution in [0.4, 0.5) is 5.69 Å². The summed E-state index contributed by atoms with van der Waals surface area (Å²) in [6, 6.07) is 6.04. The largest absolute Gasteiger partial charge is 0.398 e. The van der Waals surface area contributed by atoms with Crippen molar-refractivity contribution in [3.63, 3.8) is 0 Å². The highest BCUT2D eigenvalue weighted by atomic mass is 79.9. The van der Waals surface area contributed by atoms with Crippen LogP contribution >= 0.6 is 15.9 Å². The van der Waals surface area contributed by atoms with Crippen molar-refractivity contribution < 1.29 is 4.74 Å². The molecule has 3 N–H and O–H groups in total. The maximum absolute atomic E-state index is 5.99. The summed E-state index contributed by atoms with van der Waals surface area (Å²) in [5.74, 6) is 0. The third kappa shape index (κ3) is 3.44. The Morgan fingerprint density at radius 3 is 2.76 bits per heavy atom. The number of nitrogens with one attached hydrogen (secondary N) is 1. The summed E-state index contributed by atoms with van der Waals surface area (Å²) in [5, 5.41) is 3.60. The molecule has 94 valence electrons. The summed E-state index contributed by atoms with van der Waals surface area (Å²) < 4.78 is 6.41. The summed E-state index contributed by atoms with van der Waals surface area (Å²) in [7, 11) is 0. The van der Waals surface area contributed by atoms with E-state index < -0.39 is 0 Å². The van der Waals surface area contributed by atoms with Gasteiger partial charge in [-0.05, 0) is 37.5 Å². The lowest BCUT2D eigenvalue weighted by atomic mass is 9.92. The fraction of sp³-hybridized carbons (Fsp3) is 0.538. The topological polar surface area (TPSA) is 47.3 Å². The molecule has 0 spiro atoms. The summed E-state index contributed by atoms with van der Waals surface area (Å²) in [4.78, 5) is 0. The number of nitrogen functional groups attached to an aromatic ring is 1. The molecule has 0 saturated carbocycles. The second-order valence-electron chi connectivity index (χ2n) is 4.87. The number of anilines is 1. The monoisotopic (exact) mass is 298 g/mol. The van der Waals surface area contributed by atoms with Crippen LogP contribution in [-0.4, -0.2) is 18.8 Å². The van der Waals surface area contributed by atoms with Crippen molar-refractivity contribution in [3.8, 4) is 0 Å². The van der Waals surface area contributed by atoms with Crippen molar-refractivity contribution in [1.29, 1.82) is 0 Å². The number of hydrogen-bond acceptors (Lipinski definition) is 3. The van der Waals surface area contributed by atoms with Crippen molar-refractivity contribution >= 4 is 21.6 Å². The van der Waals surface area contributed by atoms with Gasteiger partial charge in [0.2, 0.25) is 0 Å². The molecule has 1 aliphatic rings.